The van der Waals surface area contributed by atoms with Crippen molar-refractivity contribution in [2.75, 3.05) is 31.1 Å². The fraction of sp³-hybridized carbons (Fsp3) is 0.500. The molecule has 6 nitrogen and oxygen atoms in total. The predicted molar refractivity (Wildman–Crippen MR) is 119 cm³/mol. The molecule has 154 valence electrons. The van der Waals surface area contributed by atoms with Crippen LogP contribution in [-0.4, -0.2) is 51.3 Å². The van der Waals surface area contributed by atoms with Gasteiger partial charge in [-0.1, -0.05) is 32.0 Å². The predicted octanol–water partition coefficient (Wildman–Crippen LogP) is 3.92. The zero-order chi connectivity index (χ0) is 20.4. The van der Waals surface area contributed by atoms with Gasteiger partial charge in [0.05, 0.1) is 12.6 Å². The molecule has 0 spiro atoms. The molecule has 1 saturated heterocycles. The average molecular weight is 411 g/mol. The molecule has 1 aromatic carbocycles. The summed E-state index contributed by atoms with van der Waals surface area (Å²) in [5, 5.41) is 14.9. The van der Waals surface area contributed by atoms with E-state index in [4.69, 9.17) is 0 Å². The van der Waals surface area contributed by atoms with Crippen molar-refractivity contribution in [1.29, 1.82) is 0 Å². The average Bonchev–Trinajstić information content (AvgIpc) is 3.37. The lowest BCUT2D eigenvalue weighted by Gasteiger charge is -2.41. The third-order valence-corrected chi connectivity index (χ3v) is 6.62. The van der Waals surface area contributed by atoms with Crippen molar-refractivity contribution in [3.8, 4) is 0 Å². The number of nitrogens with zero attached hydrogens (tertiary/aromatic N) is 6. The summed E-state index contributed by atoms with van der Waals surface area (Å²) in [5.74, 6) is 1.42. The molecule has 1 atom stereocenters. The second-order valence-corrected chi connectivity index (χ2v) is 9.31. The molecule has 7 heteroatoms. The van der Waals surface area contributed by atoms with Crippen LogP contribution in [0.1, 0.15) is 41.7 Å². The van der Waals surface area contributed by atoms with Gasteiger partial charge in [-0.05, 0) is 58.8 Å². The summed E-state index contributed by atoms with van der Waals surface area (Å²) in [4.78, 5) is 6.36. The number of aryl methyl sites for hydroxylation is 2. The van der Waals surface area contributed by atoms with E-state index in [1.54, 1.807) is 11.3 Å². The van der Waals surface area contributed by atoms with Crippen LogP contribution in [0.5, 0.6) is 0 Å². The van der Waals surface area contributed by atoms with Gasteiger partial charge in [-0.15, -0.1) is 16.4 Å². The molecule has 0 amide bonds. The van der Waals surface area contributed by atoms with Crippen LogP contribution in [0, 0.1) is 19.8 Å². The molecule has 2 aromatic heterocycles. The largest absolute Gasteiger partial charge is 0.369 e. The zero-order valence-electron chi connectivity index (χ0n) is 17.7. The van der Waals surface area contributed by atoms with Crippen LogP contribution in [0.15, 0.2) is 35.7 Å². The Bertz CT molecular complexity index is 925. The monoisotopic (exact) mass is 410 g/mol. The van der Waals surface area contributed by atoms with E-state index in [2.05, 4.69) is 88.7 Å². The van der Waals surface area contributed by atoms with Gasteiger partial charge in [-0.3, -0.25) is 4.90 Å². The molecule has 4 rings (SSSR count). The first-order chi connectivity index (χ1) is 14.0. The number of piperazine rings is 1. The van der Waals surface area contributed by atoms with Crippen LogP contribution in [0.2, 0.25) is 0 Å². The second kappa shape index (κ2) is 8.63. The maximum Gasteiger partial charge on any atom is 0.169 e. The molecule has 1 aliphatic rings. The Balaban J connectivity index is 1.50. The number of tetrazole rings is 1. The highest BCUT2D eigenvalue weighted by atomic mass is 32.1. The SMILES string of the molecule is Cc1ccc(C)c(N2CCN([C@@H](c3nnnn3Cc3cccs3)C(C)C)CC2)c1. The van der Waals surface area contributed by atoms with Crippen LogP contribution in [0.25, 0.3) is 0 Å². The highest BCUT2D eigenvalue weighted by Gasteiger charge is 2.31. The number of benzene rings is 1. The van der Waals surface area contributed by atoms with E-state index in [0.717, 1.165) is 38.5 Å². The fourth-order valence-corrected chi connectivity index (χ4v) is 4.96. The van der Waals surface area contributed by atoms with Gasteiger partial charge in [0.1, 0.15) is 0 Å². The van der Waals surface area contributed by atoms with Gasteiger partial charge in [0.25, 0.3) is 0 Å². The molecule has 3 heterocycles. The van der Waals surface area contributed by atoms with Crippen molar-refractivity contribution < 1.29 is 0 Å². The van der Waals surface area contributed by atoms with Gasteiger partial charge >= 0.3 is 0 Å². The van der Waals surface area contributed by atoms with Crippen LogP contribution >= 0.6 is 11.3 Å². The lowest BCUT2D eigenvalue weighted by Crippen LogP contribution is -2.49. The second-order valence-electron chi connectivity index (χ2n) is 8.28. The van der Waals surface area contributed by atoms with Gasteiger partial charge < -0.3 is 4.90 Å². The molecule has 3 aromatic rings. The van der Waals surface area contributed by atoms with Crippen molar-refractivity contribution in [2.24, 2.45) is 5.92 Å². The maximum absolute atomic E-state index is 4.45. The molecular formula is C22H30N6S. The summed E-state index contributed by atoms with van der Waals surface area (Å²) in [6, 6.07) is 11.2. The molecule has 0 N–H and O–H groups in total. The Labute approximate surface area is 177 Å². The minimum atomic E-state index is 0.228. The molecule has 0 radical (unpaired) electrons. The molecule has 1 fully saturated rings. The molecule has 29 heavy (non-hydrogen) atoms. The topological polar surface area (TPSA) is 50.1 Å². The minimum Gasteiger partial charge on any atom is -0.369 e. The Morgan fingerprint density at radius 3 is 2.55 bits per heavy atom. The summed E-state index contributed by atoms with van der Waals surface area (Å²) < 4.78 is 1.98. The molecular weight excluding hydrogens is 380 g/mol. The van der Waals surface area contributed by atoms with Crippen LogP contribution in [-0.2, 0) is 6.54 Å². The number of hydrogen-bond donors (Lipinski definition) is 0. The standard InChI is InChI=1S/C22H30N6S/c1-16(2)21(22-23-24-25-28(22)15-19-6-5-13-29-19)27-11-9-26(10-12-27)20-14-17(3)7-8-18(20)4/h5-8,13-14,16,21H,9-12,15H2,1-4H3/t21-/m1/s1. The van der Waals surface area contributed by atoms with Crippen LogP contribution < -0.4 is 4.90 Å². The van der Waals surface area contributed by atoms with Gasteiger partial charge in [-0.25, -0.2) is 4.68 Å². The Morgan fingerprint density at radius 2 is 1.86 bits per heavy atom. The summed E-state index contributed by atoms with van der Waals surface area (Å²) in [5.41, 5.74) is 4.04. The van der Waals surface area contributed by atoms with Gasteiger partial charge in [0, 0.05) is 36.7 Å². The molecule has 0 bridgehead atoms. The van der Waals surface area contributed by atoms with Crippen molar-refractivity contribution in [1.82, 2.24) is 25.1 Å². The zero-order valence-corrected chi connectivity index (χ0v) is 18.6. The molecule has 0 unspecified atom stereocenters. The number of thiophene rings is 1. The van der Waals surface area contributed by atoms with Crippen molar-refractivity contribution >= 4 is 17.0 Å². The fourth-order valence-electron chi connectivity index (χ4n) is 4.27. The Morgan fingerprint density at radius 1 is 1.07 bits per heavy atom. The van der Waals surface area contributed by atoms with Crippen molar-refractivity contribution in [2.45, 2.75) is 40.3 Å². The first kappa shape index (κ1) is 20.0. The Hall–Kier alpha value is -2.25. The third-order valence-electron chi connectivity index (χ3n) is 5.75. The van der Waals surface area contributed by atoms with Gasteiger partial charge in [0.2, 0.25) is 0 Å². The molecule has 1 aliphatic heterocycles. The van der Waals surface area contributed by atoms with Gasteiger partial charge in [-0.2, -0.15) is 0 Å². The quantitative estimate of drug-likeness (QED) is 0.616. The van der Waals surface area contributed by atoms with E-state index in [-0.39, 0.29) is 6.04 Å². The van der Waals surface area contributed by atoms with E-state index in [9.17, 15) is 0 Å². The number of anilines is 1. The van der Waals surface area contributed by atoms with Crippen LogP contribution in [0.4, 0.5) is 5.69 Å². The highest BCUT2D eigenvalue weighted by molar-refractivity contribution is 7.09. The molecule has 0 saturated carbocycles. The first-order valence-electron chi connectivity index (χ1n) is 10.4. The van der Waals surface area contributed by atoms with E-state index < -0.39 is 0 Å². The lowest BCUT2D eigenvalue weighted by atomic mass is 10.00. The van der Waals surface area contributed by atoms with Crippen molar-refractivity contribution in [3.05, 3.63) is 57.5 Å². The Kier molecular flexibility index (Phi) is 5.96. The summed E-state index contributed by atoms with van der Waals surface area (Å²) in [6.45, 7) is 13.7. The number of aromatic nitrogens is 4. The number of rotatable bonds is 6. The van der Waals surface area contributed by atoms with E-state index in [1.807, 2.05) is 4.68 Å². The van der Waals surface area contributed by atoms with E-state index in [0.29, 0.717) is 5.92 Å². The smallest absolute Gasteiger partial charge is 0.169 e. The normalized spacial score (nSPS) is 16.5. The van der Waals surface area contributed by atoms with Gasteiger partial charge in [0.15, 0.2) is 5.82 Å². The van der Waals surface area contributed by atoms with E-state index >= 15 is 0 Å². The lowest BCUT2D eigenvalue weighted by molar-refractivity contribution is 0.135. The van der Waals surface area contributed by atoms with Crippen LogP contribution in [0.3, 0.4) is 0 Å². The first-order valence-corrected chi connectivity index (χ1v) is 11.3. The summed E-state index contributed by atoms with van der Waals surface area (Å²) >= 11 is 1.75. The van der Waals surface area contributed by atoms with E-state index in [1.165, 1.54) is 21.7 Å². The minimum absolute atomic E-state index is 0.228. The highest BCUT2D eigenvalue weighted by Crippen LogP contribution is 2.30. The maximum atomic E-state index is 4.45. The third kappa shape index (κ3) is 4.36. The van der Waals surface area contributed by atoms with Crippen molar-refractivity contribution in [3.63, 3.8) is 0 Å². The number of hydrogen-bond acceptors (Lipinski definition) is 6. The summed E-state index contributed by atoms with van der Waals surface area (Å²) in [6.07, 6.45) is 0. The summed E-state index contributed by atoms with van der Waals surface area (Å²) in [7, 11) is 0. The molecule has 0 aliphatic carbocycles.